The average molecular weight is 215 g/mol. The molecule has 0 amide bonds. The van der Waals surface area contributed by atoms with E-state index in [1.165, 1.54) is 7.11 Å². The van der Waals surface area contributed by atoms with E-state index >= 15 is 0 Å². The standard InChI is InChI=1S/C11H21NO3/c1-4-5-11(14)7-12(8-11)9(2)6-10(13)15-3/h9,14H,4-8H2,1-3H3. The van der Waals surface area contributed by atoms with E-state index in [1.807, 2.05) is 6.92 Å². The summed E-state index contributed by atoms with van der Waals surface area (Å²) in [6.45, 7) is 5.42. The van der Waals surface area contributed by atoms with Gasteiger partial charge in [0.1, 0.15) is 0 Å². The van der Waals surface area contributed by atoms with Crippen molar-refractivity contribution in [2.75, 3.05) is 20.2 Å². The Balaban J connectivity index is 2.28. The Hall–Kier alpha value is -0.610. The normalized spacial score (nSPS) is 21.9. The Morgan fingerprint density at radius 1 is 1.60 bits per heavy atom. The molecule has 0 bridgehead atoms. The summed E-state index contributed by atoms with van der Waals surface area (Å²) < 4.78 is 4.61. The van der Waals surface area contributed by atoms with Crippen molar-refractivity contribution in [3.63, 3.8) is 0 Å². The number of rotatable bonds is 5. The van der Waals surface area contributed by atoms with E-state index in [0.29, 0.717) is 19.5 Å². The van der Waals surface area contributed by atoms with Gasteiger partial charge in [-0.2, -0.15) is 0 Å². The number of β-amino-alcohol motifs (C(OH)–C–C–N with tert-alkyl or cyclic N) is 1. The van der Waals surface area contributed by atoms with E-state index < -0.39 is 5.60 Å². The van der Waals surface area contributed by atoms with E-state index in [0.717, 1.165) is 12.8 Å². The molecule has 1 aliphatic heterocycles. The maximum Gasteiger partial charge on any atom is 0.307 e. The minimum Gasteiger partial charge on any atom is -0.469 e. The van der Waals surface area contributed by atoms with Crippen LogP contribution in [0.15, 0.2) is 0 Å². The van der Waals surface area contributed by atoms with Gasteiger partial charge in [0.25, 0.3) is 0 Å². The number of carbonyl (C=O) groups excluding carboxylic acids is 1. The van der Waals surface area contributed by atoms with Crippen LogP contribution in [0.25, 0.3) is 0 Å². The Labute approximate surface area is 91.2 Å². The first-order chi connectivity index (χ1) is 7.00. The first-order valence-corrected chi connectivity index (χ1v) is 5.54. The van der Waals surface area contributed by atoms with Gasteiger partial charge in [-0.25, -0.2) is 0 Å². The molecule has 0 aromatic heterocycles. The zero-order valence-electron chi connectivity index (χ0n) is 9.82. The molecule has 0 aromatic rings. The zero-order valence-corrected chi connectivity index (χ0v) is 9.82. The summed E-state index contributed by atoms with van der Waals surface area (Å²) >= 11 is 0. The van der Waals surface area contributed by atoms with Crippen LogP contribution >= 0.6 is 0 Å². The third kappa shape index (κ3) is 3.18. The molecule has 4 nitrogen and oxygen atoms in total. The molecule has 0 aliphatic carbocycles. The maximum absolute atomic E-state index is 11.0. The van der Waals surface area contributed by atoms with E-state index in [2.05, 4.69) is 16.6 Å². The number of ether oxygens (including phenoxy) is 1. The molecule has 15 heavy (non-hydrogen) atoms. The van der Waals surface area contributed by atoms with Crippen molar-refractivity contribution < 1.29 is 14.6 Å². The molecule has 1 aliphatic rings. The van der Waals surface area contributed by atoms with E-state index in [-0.39, 0.29) is 12.0 Å². The molecule has 1 unspecified atom stereocenters. The number of hydrogen-bond donors (Lipinski definition) is 1. The minimum atomic E-state index is -0.515. The number of hydrogen-bond acceptors (Lipinski definition) is 4. The van der Waals surface area contributed by atoms with Gasteiger partial charge in [-0.1, -0.05) is 13.3 Å². The number of nitrogens with zero attached hydrogens (tertiary/aromatic N) is 1. The van der Waals surface area contributed by atoms with Crippen LogP contribution in [-0.4, -0.2) is 47.8 Å². The number of aliphatic hydroxyl groups is 1. The van der Waals surface area contributed by atoms with Gasteiger partial charge in [0.2, 0.25) is 0 Å². The molecule has 1 fully saturated rings. The quantitative estimate of drug-likeness (QED) is 0.689. The first-order valence-electron chi connectivity index (χ1n) is 5.54. The molecule has 1 rings (SSSR count). The second kappa shape index (κ2) is 4.94. The van der Waals surface area contributed by atoms with Crippen molar-refractivity contribution in [3.05, 3.63) is 0 Å². The van der Waals surface area contributed by atoms with Gasteiger partial charge < -0.3 is 9.84 Å². The Bertz CT molecular complexity index is 224. The molecule has 0 spiro atoms. The largest absolute Gasteiger partial charge is 0.469 e. The van der Waals surface area contributed by atoms with Gasteiger partial charge in [-0.15, -0.1) is 0 Å². The van der Waals surface area contributed by atoms with E-state index in [9.17, 15) is 9.90 Å². The summed E-state index contributed by atoms with van der Waals surface area (Å²) in [5.74, 6) is -0.187. The molecule has 0 radical (unpaired) electrons. The van der Waals surface area contributed by atoms with Crippen LogP contribution in [0.4, 0.5) is 0 Å². The van der Waals surface area contributed by atoms with Crippen LogP contribution in [-0.2, 0) is 9.53 Å². The number of methoxy groups -OCH3 is 1. The van der Waals surface area contributed by atoms with Crippen LogP contribution in [0.3, 0.4) is 0 Å². The first kappa shape index (κ1) is 12.5. The monoisotopic (exact) mass is 215 g/mol. The summed E-state index contributed by atoms with van der Waals surface area (Å²) in [7, 11) is 1.40. The smallest absolute Gasteiger partial charge is 0.307 e. The lowest BCUT2D eigenvalue weighted by Gasteiger charge is -2.49. The van der Waals surface area contributed by atoms with Crippen molar-refractivity contribution in [3.8, 4) is 0 Å². The summed E-state index contributed by atoms with van der Waals surface area (Å²) in [6, 6.07) is 0.162. The molecule has 0 aromatic carbocycles. The molecule has 1 heterocycles. The Morgan fingerprint density at radius 2 is 2.20 bits per heavy atom. The lowest BCUT2D eigenvalue weighted by molar-refractivity contribution is -0.147. The number of likely N-dealkylation sites (tertiary alicyclic amines) is 1. The van der Waals surface area contributed by atoms with Gasteiger partial charge >= 0.3 is 5.97 Å². The Morgan fingerprint density at radius 3 is 2.67 bits per heavy atom. The fourth-order valence-corrected chi connectivity index (χ4v) is 2.10. The van der Waals surface area contributed by atoms with Crippen molar-refractivity contribution in [2.45, 2.75) is 44.8 Å². The highest BCUT2D eigenvalue weighted by Crippen LogP contribution is 2.28. The van der Waals surface area contributed by atoms with Crippen LogP contribution < -0.4 is 0 Å². The fourth-order valence-electron chi connectivity index (χ4n) is 2.10. The van der Waals surface area contributed by atoms with Gasteiger partial charge in [-0.05, 0) is 13.3 Å². The highest BCUT2D eigenvalue weighted by molar-refractivity contribution is 5.69. The van der Waals surface area contributed by atoms with E-state index in [4.69, 9.17) is 0 Å². The summed E-state index contributed by atoms with van der Waals surface area (Å²) in [4.78, 5) is 13.2. The predicted octanol–water partition coefficient (Wildman–Crippen LogP) is 0.785. The fraction of sp³-hybridized carbons (Fsp3) is 0.909. The SMILES string of the molecule is CCCC1(O)CN(C(C)CC(=O)OC)C1. The predicted molar refractivity (Wildman–Crippen MR) is 57.5 cm³/mol. The lowest BCUT2D eigenvalue weighted by Crippen LogP contribution is -2.64. The molecule has 88 valence electrons. The number of carbonyl (C=O) groups is 1. The maximum atomic E-state index is 11.0. The minimum absolute atomic E-state index is 0.162. The molecule has 1 saturated heterocycles. The second-order valence-corrected chi connectivity index (χ2v) is 4.51. The molecule has 1 atom stereocenters. The molecule has 0 saturated carbocycles. The third-order valence-electron chi connectivity index (χ3n) is 3.02. The lowest BCUT2D eigenvalue weighted by atomic mass is 9.87. The summed E-state index contributed by atoms with van der Waals surface area (Å²) in [6.07, 6.45) is 2.24. The topological polar surface area (TPSA) is 49.8 Å². The van der Waals surface area contributed by atoms with Crippen LogP contribution in [0.1, 0.15) is 33.1 Å². The van der Waals surface area contributed by atoms with Crippen LogP contribution in [0.2, 0.25) is 0 Å². The molecule has 1 N–H and O–H groups in total. The van der Waals surface area contributed by atoms with Crippen LogP contribution in [0, 0.1) is 0 Å². The van der Waals surface area contributed by atoms with Gasteiger partial charge in [0.15, 0.2) is 0 Å². The van der Waals surface area contributed by atoms with Gasteiger partial charge in [0.05, 0.1) is 19.1 Å². The second-order valence-electron chi connectivity index (χ2n) is 4.51. The van der Waals surface area contributed by atoms with Crippen molar-refractivity contribution >= 4 is 5.97 Å². The molecule has 4 heteroatoms. The van der Waals surface area contributed by atoms with Gasteiger partial charge in [-0.3, -0.25) is 9.69 Å². The number of esters is 1. The molecular formula is C11H21NO3. The third-order valence-corrected chi connectivity index (χ3v) is 3.02. The van der Waals surface area contributed by atoms with Crippen LogP contribution in [0.5, 0.6) is 0 Å². The molecular weight excluding hydrogens is 194 g/mol. The van der Waals surface area contributed by atoms with Crippen molar-refractivity contribution in [2.24, 2.45) is 0 Å². The van der Waals surface area contributed by atoms with Gasteiger partial charge in [0, 0.05) is 19.1 Å². The highest BCUT2D eigenvalue weighted by Gasteiger charge is 2.42. The van der Waals surface area contributed by atoms with Crippen molar-refractivity contribution in [1.29, 1.82) is 0 Å². The zero-order chi connectivity index (χ0) is 11.5. The van der Waals surface area contributed by atoms with E-state index in [1.54, 1.807) is 0 Å². The average Bonchev–Trinajstić information content (AvgIpc) is 2.14. The van der Waals surface area contributed by atoms with Crippen molar-refractivity contribution in [1.82, 2.24) is 4.90 Å². The summed E-state index contributed by atoms with van der Waals surface area (Å²) in [5, 5.41) is 9.96. The highest BCUT2D eigenvalue weighted by atomic mass is 16.5. The summed E-state index contributed by atoms with van der Waals surface area (Å²) in [5.41, 5.74) is -0.515. The Kier molecular flexibility index (Phi) is 4.11.